The lowest BCUT2D eigenvalue weighted by Crippen LogP contribution is -2.25. The number of carbonyl (C=O) groups is 1. The number of benzene rings is 1. The Bertz CT molecular complexity index is 450. The number of anilines is 2. The number of hydrogen-bond donors (Lipinski definition) is 3. The molecule has 3 rings (SSSR count). The predicted molar refractivity (Wildman–Crippen MR) is 68.0 cm³/mol. The largest absolute Gasteiger partial charge is 0.397 e. The molecule has 0 bridgehead atoms. The van der Waals surface area contributed by atoms with Crippen LogP contribution in [0.25, 0.3) is 0 Å². The average molecular weight is 231 g/mol. The molecule has 0 unspecified atom stereocenters. The summed E-state index contributed by atoms with van der Waals surface area (Å²) in [7, 11) is 0. The van der Waals surface area contributed by atoms with Crippen LogP contribution in [0.4, 0.5) is 11.4 Å². The molecule has 2 aliphatic rings. The molecular weight excluding hydrogens is 214 g/mol. The lowest BCUT2D eigenvalue weighted by Gasteiger charge is -2.10. The molecule has 2 saturated carbocycles. The molecule has 0 saturated heterocycles. The van der Waals surface area contributed by atoms with Crippen molar-refractivity contribution in [3.05, 3.63) is 23.8 Å². The minimum Gasteiger partial charge on any atom is -0.397 e. The molecule has 17 heavy (non-hydrogen) atoms. The Morgan fingerprint density at radius 3 is 2.47 bits per heavy atom. The van der Waals surface area contributed by atoms with Crippen LogP contribution in [0.15, 0.2) is 18.2 Å². The van der Waals surface area contributed by atoms with Gasteiger partial charge in [-0.2, -0.15) is 0 Å². The van der Waals surface area contributed by atoms with Gasteiger partial charge in [0, 0.05) is 17.6 Å². The van der Waals surface area contributed by atoms with Crippen LogP contribution in [-0.4, -0.2) is 18.0 Å². The summed E-state index contributed by atoms with van der Waals surface area (Å²) < 4.78 is 0. The standard InChI is InChI=1S/C13H17N3O/c14-11-7-8(13(17)16-10-4-5-10)1-6-12(11)15-9-2-3-9/h1,6-7,9-10,15H,2-5,14H2,(H,16,17). The van der Waals surface area contributed by atoms with E-state index in [0.717, 1.165) is 18.5 Å². The third kappa shape index (κ3) is 2.52. The quantitative estimate of drug-likeness (QED) is 0.691. The van der Waals surface area contributed by atoms with Crippen LogP contribution in [0.5, 0.6) is 0 Å². The van der Waals surface area contributed by atoms with E-state index >= 15 is 0 Å². The Labute approximate surface area is 101 Å². The van der Waals surface area contributed by atoms with Gasteiger partial charge in [-0.15, -0.1) is 0 Å². The Kier molecular flexibility index (Phi) is 2.42. The summed E-state index contributed by atoms with van der Waals surface area (Å²) in [5, 5.41) is 6.30. The van der Waals surface area contributed by atoms with E-state index in [1.165, 1.54) is 12.8 Å². The van der Waals surface area contributed by atoms with Crippen molar-refractivity contribution >= 4 is 17.3 Å². The maximum Gasteiger partial charge on any atom is 0.251 e. The predicted octanol–water partition coefficient (Wildman–Crippen LogP) is 1.74. The van der Waals surface area contributed by atoms with Crippen molar-refractivity contribution in [2.24, 2.45) is 0 Å². The van der Waals surface area contributed by atoms with Gasteiger partial charge in [0.15, 0.2) is 0 Å². The smallest absolute Gasteiger partial charge is 0.251 e. The van der Waals surface area contributed by atoms with Gasteiger partial charge in [-0.1, -0.05) is 0 Å². The zero-order chi connectivity index (χ0) is 11.8. The second-order valence-electron chi connectivity index (χ2n) is 4.97. The molecule has 4 N–H and O–H groups in total. The van der Waals surface area contributed by atoms with Gasteiger partial charge in [-0.05, 0) is 43.9 Å². The van der Waals surface area contributed by atoms with Gasteiger partial charge in [0.25, 0.3) is 5.91 Å². The summed E-state index contributed by atoms with van der Waals surface area (Å²) in [4.78, 5) is 11.8. The first-order chi connectivity index (χ1) is 8.22. The van der Waals surface area contributed by atoms with Crippen LogP contribution in [0.1, 0.15) is 36.0 Å². The van der Waals surface area contributed by atoms with Crippen LogP contribution in [0, 0.1) is 0 Å². The Morgan fingerprint density at radius 2 is 1.88 bits per heavy atom. The lowest BCUT2D eigenvalue weighted by molar-refractivity contribution is 0.0951. The van der Waals surface area contributed by atoms with E-state index in [-0.39, 0.29) is 5.91 Å². The van der Waals surface area contributed by atoms with Crippen molar-refractivity contribution in [1.82, 2.24) is 5.32 Å². The second-order valence-corrected chi connectivity index (χ2v) is 4.97. The maximum absolute atomic E-state index is 11.8. The fourth-order valence-electron chi connectivity index (χ4n) is 1.78. The molecule has 1 aromatic rings. The molecule has 0 aromatic heterocycles. The highest BCUT2D eigenvalue weighted by Crippen LogP contribution is 2.28. The van der Waals surface area contributed by atoms with Gasteiger partial charge in [-0.25, -0.2) is 0 Å². The number of hydrogen-bond acceptors (Lipinski definition) is 3. The SMILES string of the molecule is Nc1cc(C(=O)NC2CC2)ccc1NC1CC1. The second kappa shape index (κ2) is 3.95. The van der Waals surface area contributed by atoms with Crippen molar-refractivity contribution in [3.63, 3.8) is 0 Å². The Hall–Kier alpha value is -1.71. The highest BCUT2D eigenvalue weighted by atomic mass is 16.1. The average Bonchev–Trinajstić information content (AvgIpc) is 3.15. The van der Waals surface area contributed by atoms with E-state index in [4.69, 9.17) is 5.73 Å². The van der Waals surface area contributed by atoms with Crippen molar-refractivity contribution in [2.45, 2.75) is 37.8 Å². The summed E-state index contributed by atoms with van der Waals surface area (Å²) >= 11 is 0. The maximum atomic E-state index is 11.8. The van der Waals surface area contributed by atoms with Crippen molar-refractivity contribution < 1.29 is 4.79 Å². The van der Waals surface area contributed by atoms with Crippen LogP contribution >= 0.6 is 0 Å². The highest BCUT2D eigenvalue weighted by Gasteiger charge is 2.24. The van der Waals surface area contributed by atoms with Crippen LogP contribution < -0.4 is 16.4 Å². The van der Waals surface area contributed by atoms with E-state index in [1.54, 1.807) is 6.07 Å². The number of amides is 1. The van der Waals surface area contributed by atoms with Gasteiger partial charge < -0.3 is 16.4 Å². The third-order valence-corrected chi connectivity index (χ3v) is 3.16. The minimum absolute atomic E-state index is 0.0165. The molecule has 0 heterocycles. The monoisotopic (exact) mass is 231 g/mol. The number of nitrogen functional groups attached to an aromatic ring is 1. The lowest BCUT2D eigenvalue weighted by atomic mass is 10.1. The summed E-state index contributed by atoms with van der Waals surface area (Å²) in [5.74, 6) is -0.0165. The van der Waals surface area contributed by atoms with Crippen molar-refractivity contribution in [3.8, 4) is 0 Å². The number of carbonyl (C=O) groups excluding carboxylic acids is 1. The van der Waals surface area contributed by atoms with Gasteiger partial charge >= 0.3 is 0 Å². The number of nitrogens with one attached hydrogen (secondary N) is 2. The van der Waals surface area contributed by atoms with Crippen molar-refractivity contribution in [1.29, 1.82) is 0 Å². The van der Waals surface area contributed by atoms with E-state index in [2.05, 4.69) is 10.6 Å². The van der Waals surface area contributed by atoms with Crippen LogP contribution in [0.2, 0.25) is 0 Å². The first-order valence-electron chi connectivity index (χ1n) is 6.19. The fourth-order valence-corrected chi connectivity index (χ4v) is 1.78. The van der Waals surface area contributed by atoms with Gasteiger partial charge in [-0.3, -0.25) is 4.79 Å². The molecule has 1 amide bonds. The van der Waals surface area contributed by atoms with E-state index in [9.17, 15) is 4.79 Å². The molecule has 2 fully saturated rings. The topological polar surface area (TPSA) is 67.2 Å². The number of rotatable bonds is 4. The van der Waals surface area contributed by atoms with Gasteiger partial charge in [0.05, 0.1) is 11.4 Å². The van der Waals surface area contributed by atoms with Gasteiger partial charge in [0.1, 0.15) is 0 Å². The molecule has 0 aliphatic heterocycles. The zero-order valence-corrected chi connectivity index (χ0v) is 9.70. The zero-order valence-electron chi connectivity index (χ0n) is 9.70. The van der Waals surface area contributed by atoms with Gasteiger partial charge in [0.2, 0.25) is 0 Å². The number of nitrogens with two attached hydrogens (primary N) is 1. The summed E-state index contributed by atoms with van der Waals surface area (Å²) in [6.45, 7) is 0. The molecule has 4 nitrogen and oxygen atoms in total. The van der Waals surface area contributed by atoms with E-state index in [0.29, 0.717) is 23.3 Å². The first kappa shape index (κ1) is 10.4. The molecule has 2 aliphatic carbocycles. The van der Waals surface area contributed by atoms with E-state index in [1.807, 2.05) is 12.1 Å². The molecule has 4 heteroatoms. The molecule has 0 spiro atoms. The van der Waals surface area contributed by atoms with Crippen molar-refractivity contribution in [2.75, 3.05) is 11.1 Å². The van der Waals surface area contributed by atoms with Crippen LogP contribution in [-0.2, 0) is 0 Å². The normalized spacial score (nSPS) is 18.8. The Balaban J connectivity index is 1.71. The third-order valence-electron chi connectivity index (χ3n) is 3.16. The minimum atomic E-state index is -0.0165. The summed E-state index contributed by atoms with van der Waals surface area (Å²) in [6.07, 6.45) is 4.62. The fraction of sp³-hybridized carbons (Fsp3) is 0.462. The van der Waals surface area contributed by atoms with E-state index < -0.39 is 0 Å². The molecule has 0 radical (unpaired) electrons. The molecule has 1 aromatic carbocycles. The summed E-state index contributed by atoms with van der Waals surface area (Å²) in [6, 6.07) is 6.44. The summed E-state index contributed by atoms with van der Waals surface area (Å²) in [5.41, 5.74) is 8.18. The Morgan fingerprint density at radius 1 is 1.18 bits per heavy atom. The molecule has 0 atom stereocenters. The van der Waals surface area contributed by atoms with Crippen LogP contribution in [0.3, 0.4) is 0 Å². The highest BCUT2D eigenvalue weighted by molar-refractivity contribution is 5.96. The molecule has 90 valence electrons. The first-order valence-corrected chi connectivity index (χ1v) is 6.19. The molecular formula is C13H17N3O.